The van der Waals surface area contributed by atoms with Crippen molar-refractivity contribution < 1.29 is 0 Å². The van der Waals surface area contributed by atoms with Gasteiger partial charge in [-0.2, -0.15) is 0 Å². The van der Waals surface area contributed by atoms with Gasteiger partial charge in [-0.3, -0.25) is 4.90 Å². The predicted molar refractivity (Wildman–Crippen MR) is 49.8 cm³/mol. The number of piperazine rings is 1. The van der Waals surface area contributed by atoms with E-state index in [1.807, 2.05) is 6.08 Å². The first-order chi connectivity index (χ1) is 5.59. The van der Waals surface area contributed by atoms with Crippen LogP contribution in [0.5, 0.6) is 0 Å². The zero-order chi connectivity index (χ0) is 9.14. The fourth-order valence-electron chi connectivity index (χ4n) is 1.21. The zero-order valence-electron chi connectivity index (χ0n) is 7.45. The van der Waals surface area contributed by atoms with E-state index in [0.29, 0.717) is 5.70 Å². The van der Waals surface area contributed by atoms with Crippen molar-refractivity contribution in [3.8, 4) is 0 Å². The first-order valence-electron chi connectivity index (χ1n) is 3.95. The summed E-state index contributed by atoms with van der Waals surface area (Å²) in [7, 11) is 2.06. The molecule has 1 saturated heterocycles. The second kappa shape index (κ2) is 3.60. The highest BCUT2D eigenvalue weighted by Gasteiger charge is 2.14. The van der Waals surface area contributed by atoms with Crippen LogP contribution in [0.2, 0.25) is 0 Å². The average molecular weight is 168 g/mol. The first kappa shape index (κ1) is 9.09. The molecule has 4 N–H and O–H groups in total. The van der Waals surface area contributed by atoms with Gasteiger partial charge < -0.3 is 10.7 Å². The third kappa shape index (κ3) is 2.25. The molecule has 0 aromatic rings. The molecule has 12 heavy (non-hydrogen) atoms. The molecule has 0 unspecified atom stereocenters. The van der Waals surface area contributed by atoms with Crippen LogP contribution in [0.15, 0.2) is 24.0 Å². The molecule has 4 heteroatoms. The molecule has 0 radical (unpaired) electrons. The number of likely N-dealkylation sites (N-methyl/N-ethyl adjacent to an activating group) is 1. The van der Waals surface area contributed by atoms with Gasteiger partial charge in [0.25, 0.3) is 0 Å². The highest BCUT2D eigenvalue weighted by atomic mass is 15.4. The Morgan fingerprint density at radius 3 is 2.83 bits per heavy atom. The van der Waals surface area contributed by atoms with Crippen molar-refractivity contribution in [1.29, 1.82) is 0 Å². The number of hydrogen-bond donors (Lipinski definition) is 2. The zero-order valence-corrected chi connectivity index (χ0v) is 7.45. The first-order valence-corrected chi connectivity index (χ1v) is 3.95. The lowest BCUT2D eigenvalue weighted by Crippen LogP contribution is -2.46. The molecule has 0 spiro atoms. The predicted octanol–water partition coefficient (Wildman–Crippen LogP) is -0.536. The van der Waals surface area contributed by atoms with Crippen LogP contribution in [-0.4, -0.2) is 36.6 Å². The monoisotopic (exact) mass is 168 g/mol. The van der Waals surface area contributed by atoms with Gasteiger partial charge in [-0.1, -0.05) is 6.58 Å². The van der Waals surface area contributed by atoms with E-state index in [2.05, 4.69) is 18.5 Å². The molecule has 0 aromatic heterocycles. The minimum absolute atomic E-state index is 0.552. The standard InChI is InChI=1S/C8H16N4/c1-7(9)5-8-6-11(2)3-4-12(8)10/h5H,1,3-4,6,9-10H2,2H3/b8-5-. The molecule has 0 saturated carbocycles. The molecule has 1 aliphatic rings. The number of nitrogens with zero attached hydrogens (tertiary/aromatic N) is 2. The summed E-state index contributed by atoms with van der Waals surface area (Å²) in [6.45, 7) is 6.28. The molecular formula is C8H16N4. The van der Waals surface area contributed by atoms with Crippen LogP contribution in [0, 0.1) is 0 Å². The van der Waals surface area contributed by atoms with Crippen LogP contribution in [0.1, 0.15) is 0 Å². The summed E-state index contributed by atoms with van der Waals surface area (Å²) in [6.07, 6.45) is 1.82. The van der Waals surface area contributed by atoms with E-state index < -0.39 is 0 Å². The minimum Gasteiger partial charge on any atom is -0.399 e. The van der Waals surface area contributed by atoms with Gasteiger partial charge in [-0.05, 0) is 13.1 Å². The maximum Gasteiger partial charge on any atom is 0.0466 e. The summed E-state index contributed by atoms with van der Waals surface area (Å²) in [5, 5.41) is 1.72. The van der Waals surface area contributed by atoms with Crippen molar-refractivity contribution in [2.75, 3.05) is 26.7 Å². The fraction of sp³-hybridized carbons (Fsp3) is 0.500. The number of hydrazine groups is 1. The summed E-state index contributed by atoms with van der Waals surface area (Å²) in [6, 6.07) is 0. The van der Waals surface area contributed by atoms with Crippen molar-refractivity contribution in [2.45, 2.75) is 0 Å². The molecule has 0 aromatic carbocycles. The number of allylic oxidation sites excluding steroid dienone is 1. The Morgan fingerprint density at radius 2 is 2.25 bits per heavy atom. The second-order valence-electron chi connectivity index (χ2n) is 3.14. The highest BCUT2D eigenvalue weighted by Crippen LogP contribution is 2.08. The Morgan fingerprint density at radius 1 is 1.58 bits per heavy atom. The summed E-state index contributed by atoms with van der Waals surface area (Å²) >= 11 is 0. The van der Waals surface area contributed by atoms with Gasteiger partial charge in [0.2, 0.25) is 0 Å². The Bertz CT molecular complexity index is 209. The van der Waals surface area contributed by atoms with E-state index in [1.54, 1.807) is 5.01 Å². The van der Waals surface area contributed by atoms with Gasteiger partial charge in [0.15, 0.2) is 0 Å². The quantitative estimate of drug-likeness (QED) is 0.516. The van der Waals surface area contributed by atoms with E-state index >= 15 is 0 Å². The van der Waals surface area contributed by atoms with Gasteiger partial charge in [0.05, 0.1) is 0 Å². The van der Waals surface area contributed by atoms with E-state index in [1.165, 1.54) is 0 Å². The largest absolute Gasteiger partial charge is 0.399 e. The van der Waals surface area contributed by atoms with Crippen LogP contribution in [-0.2, 0) is 0 Å². The molecule has 1 rings (SSSR count). The molecule has 1 heterocycles. The number of hydrogen-bond acceptors (Lipinski definition) is 4. The second-order valence-corrected chi connectivity index (χ2v) is 3.14. The van der Waals surface area contributed by atoms with Gasteiger partial charge in [-0.15, -0.1) is 0 Å². The smallest absolute Gasteiger partial charge is 0.0466 e. The fourth-order valence-corrected chi connectivity index (χ4v) is 1.21. The van der Waals surface area contributed by atoms with Crippen LogP contribution in [0.3, 0.4) is 0 Å². The van der Waals surface area contributed by atoms with E-state index in [-0.39, 0.29) is 0 Å². The number of nitrogens with two attached hydrogens (primary N) is 2. The molecule has 4 nitrogen and oxygen atoms in total. The summed E-state index contributed by atoms with van der Waals surface area (Å²) in [5.74, 6) is 5.73. The Labute approximate surface area is 73.1 Å². The SMILES string of the molecule is C=C(N)/C=C1/CN(C)CCN1N. The topological polar surface area (TPSA) is 58.5 Å². The van der Waals surface area contributed by atoms with E-state index in [0.717, 1.165) is 25.3 Å². The van der Waals surface area contributed by atoms with Crippen molar-refractivity contribution in [3.63, 3.8) is 0 Å². The molecule has 0 amide bonds. The molecule has 1 aliphatic heterocycles. The molecular weight excluding hydrogens is 152 g/mol. The lowest BCUT2D eigenvalue weighted by atomic mass is 10.2. The van der Waals surface area contributed by atoms with Crippen molar-refractivity contribution in [1.82, 2.24) is 9.91 Å². The number of rotatable bonds is 1. The maximum atomic E-state index is 5.73. The average Bonchev–Trinajstić information content (AvgIpc) is 1.96. The van der Waals surface area contributed by atoms with Crippen LogP contribution >= 0.6 is 0 Å². The van der Waals surface area contributed by atoms with Crippen molar-refractivity contribution in [3.05, 3.63) is 24.0 Å². The van der Waals surface area contributed by atoms with Crippen LogP contribution in [0.25, 0.3) is 0 Å². The third-order valence-electron chi connectivity index (χ3n) is 1.88. The summed E-state index contributed by atoms with van der Waals surface area (Å²) < 4.78 is 0. The molecule has 68 valence electrons. The van der Waals surface area contributed by atoms with Gasteiger partial charge >= 0.3 is 0 Å². The van der Waals surface area contributed by atoms with E-state index in [9.17, 15) is 0 Å². The van der Waals surface area contributed by atoms with Gasteiger partial charge in [-0.25, -0.2) is 5.84 Å². The molecule has 0 aliphatic carbocycles. The van der Waals surface area contributed by atoms with Crippen molar-refractivity contribution in [2.24, 2.45) is 11.6 Å². The molecule has 0 atom stereocenters. The van der Waals surface area contributed by atoms with Crippen LogP contribution in [0.4, 0.5) is 0 Å². The molecule has 0 bridgehead atoms. The minimum atomic E-state index is 0.552. The highest BCUT2D eigenvalue weighted by molar-refractivity contribution is 5.18. The van der Waals surface area contributed by atoms with Crippen molar-refractivity contribution >= 4 is 0 Å². The van der Waals surface area contributed by atoms with Gasteiger partial charge in [0, 0.05) is 31.0 Å². The van der Waals surface area contributed by atoms with Crippen LogP contribution < -0.4 is 11.6 Å². The summed E-state index contributed by atoms with van der Waals surface area (Å²) in [4.78, 5) is 2.19. The lowest BCUT2D eigenvalue weighted by Gasteiger charge is -2.33. The Hall–Kier alpha value is -1.00. The molecule has 1 fully saturated rings. The lowest BCUT2D eigenvalue weighted by molar-refractivity contribution is 0.206. The maximum absolute atomic E-state index is 5.73. The summed E-state index contributed by atoms with van der Waals surface area (Å²) in [5.41, 5.74) is 7.04. The Balaban J connectivity index is 2.66. The van der Waals surface area contributed by atoms with E-state index in [4.69, 9.17) is 11.6 Å². The normalized spacial score (nSPS) is 23.2. The van der Waals surface area contributed by atoms with Gasteiger partial charge in [0.1, 0.15) is 0 Å². The third-order valence-corrected chi connectivity index (χ3v) is 1.88. The Kier molecular flexibility index (Phi) is 2.73.